The molecule has 0 unspecified atom stereocenters. The Morgan fingerprint density at radius 2 is 0.697 bits per heavy atom. The molecule has 168 valence electrons. The van der Waals surface area contributed by atoms with Crippen molar-refractivity contribution in [2.45, 2.75) is 38.0 Å². The minimum absolute atomic E-state index is 0.224. The second kappa shape index (κ2) is 8.67. The van der Waals surface area contributed by atoms with E-state index in [4.69, 9.17) is 0 Å². The molecule has 0 aromatic heterocycles. The van der Waals surface area contributed by atoms with Crippen LogP contribution in [0.2, 0.25) is 0 Å². The maximum absolute atomic E-state index is 9.88. The molecule has 0 saturated heterocycles. The lowest BCUT2D eigenvalue weighted by Gasteiger charge is -2.36. The molecule has 0 saturated carbocycles. The Morgan fingerprint density at radius 3 is 1.00 bits per heavy atom. The number of benzene rings is 4. The normalized spacial score (nSPS) is 12.0. The first-order valence-electron chi connectivity index (χ1n) is 11.3. The van der Waals surface area contributed by atoms with Crippen LogP contribution in [0.25, 0.3) is 0 Å². The summed E-state index contributed by atoms with van der Waals surface area (Å²) in [6.45, 7) is 6.52. The molecule has 0 aliphatic carbocycles. The van der Waals surface area contributed by atoms with Crippen LogP contribution < -0.4 is 0 Å². The van der Waals surface area contributed by atoms with Crippen molar-refractivity contribution in [2.24, 2.45) is 0 Å². The van der Waals surface area contributed by atoms with Gasteiger partial charge in [-0.3, -0.25) is 0 Å². The zero-order valence-electron chi connectivity index (χ0n) is 19.3. The molecule has 4 aromatic carbocycles. The fraction of sp³-hybridized carbons (Fsp3) is 0.200. The Labute approximate surface area is 195 Å². The average Bonchev–Trinajstić information content (AvgIpc) is 2.82. The van der Waals surface area contributed by atoms with E-state index in [0.717, 1.165) is 28.7 Å². The van der Waals surface area contributed by atoms with E-state index in [1.807, 2.05) is 36.4 Å². The van der Waals surface area contributed by atoms with Gasteiger partial charge in [-0.2, -0.15) is 0 Å². The van der Waals surface area contributed by atoms with Crippen LogP contribution in [-0.4, -0.2) is 15.3 Å². The van der Waals surface area contributed by atoms with Gasteiger partial charge in [0.2, 0.25) is 0 Å². The molecule has 3 nitrogen and oxygen atoms in total. The molecule has 0 amide bonds. The third-order valence-corrected chi connectivity index (χ3v) is 6.94. The summed E-state index contributed by atoms with van der Waals surface area (Å²) in [6, 6.07) is 30.9. The summed E-state index contributed by atoms with van der Waals surface area (Å²) in [6.07, 6.45) is 0.809. The maximum atomic E-state index is 9.88. The van der Waals surface area contributed by atoms with Crippen molar-refractivity contribution >= 4 is 0 Å². The Kier molecular flexibility index (Phi) is 5.90. The second-order valence-electron chi connectivity index (χ2n) is 9.10. The van der Waals surface area contributed by atoms with Crippen LogP contribution in [0.3, 0.4) is 0 Å². The highest BCUT2D eigenvalue weighted by Crippen LogP contribution is 2.44. The van der Waals surface area contributed by atoms with Crippen molar-refractivity contribution in [3.63, 3.8) is 0 Å². The molecular formula is C30H30O3. The zero-order valence-corrected chi connectivity index (χ0v) is 19.3. The third-order valence-electron chi connectivity index (χ3n) is 6.94. The number of hydrogen-bond acceptors (Lipinski definition) is 3. The molecule has 0 fully saturated rings. The Hall–Kier alpha value is -3.72. The molecule has 4 aromatic rings. The lowest BCUT2D eigenvalue weighted by Crippen LogP contribution is -2.29. The quantitative estimate of drug-likeness (QED) is 0.288. The van der Waals surface area contributed by atoms with Gasteiger partial charge in [-0.15, -0.1) is 0 Å². The van der Waals surface area contributed by atoms with E-state index < -0.39 is 5.41 Å². The molecule has 4 rings (SSSR count). The van der Waals surface area contributed by atoms with Crippen molar-refractivity contribution in [3.05, 3.63) is 125 Å². The van der Waals surface area contributed by atoms with Crippen LogP contribution >= 0.6 is 0 Å². The van der Waals surface area contributed by atoms with Crippen LogP contribution in [0.1, 0.15) is 55.0 Å². The van der Waals surface area contributed by atoms with E-state index in [2.05, 4.69) is 45.0 Å². The van der Waals surface area contributed by atoms with E-state index >= 15 is 0 Å². The molecule has 3 heteroatoms. The molecule has 3 N–H and O–H groups in total. The lowest BCUT2D eigenvalue weighted by molar-refractivity contribution is 0.473. The van der Waals surface area contributed by atoms with Gasteiger partial charge >= 0.3 is 0 Å². The van der Waals surface area contributed by atoms with E-state index in [1.165, 1.54) is 5.56 Å². The van der Waals surface area contributed by atoms with Crippen LogP contribution in [0.4, 0.5) is 0 Å². The molecule has 0 radical (unpaired) electrons. The van der Waals surface area contributed by atoms with Gasteiger partial charge in [0.25, 0.3) is 0 Å². The van der Waals surface area contributed by atoms with Crippen molar-refractivity contribution in [3.8, 4) is 17.2 Å². The summed E-state index contributed by atoms with van der Waals surface area (Å²) >= 11 is 0. The minimum atomic E-state index is -0.428. The van der Waals surface area contributed by atoms with Crippen molar-refractivity contribution in [1.82, 2.24) is 0 Å². The first-order chi connectivity index (χ1) is 15.8. The standard InChI is InChI=1S/C30H30O3/c1-4-30(24-11-17-27(32)18-12-24,25-13-19-28(33)20-14-25)23-7-5-21(6-8-23)29(2,3)22-9-15-26(31)16-10-22/h5-20,31-33H,4H2,1-3H3. The van der Waals surface area contributed by atoms with Gasteiger partial charge < -0.3 is 15.3 Å². The van der Waals surface area contributed by atoms with Crippen LogP contribution in [0.5, 0.6) is 17.2 Å². The summed E-state index contributed by atoms with van der Waals surface area (Å²) in [5, 5.41) is 29.4. The Morgan fingerprint density at radius 1 is 0.455 bits per heavy atom. The predicted molar refractivity (Wildman–Crippen MR) is 133 cm³/mol. The van der Waals surface area contributed by atoms with Crippen molar-refractivity contribution in [1.29, 1.82) is 0 Å². The zero-order chi connectivity index (χ0) is 23.6. The first-order valence-corrected chi connectivity index (χ1v) is 11.3. The second-order valence-corrected chi connectivity index (χ2v) is 9.10. The van der Waals surface area contributed by atoms with Crippen molar-refractivity contribution in [2.75, 3.05) is 0 Å². The van der Waals surface area contributed by atoms with E-state index in [-0.39, 0.29) is 22.7 Å². The van der Waals surface area contributed by atoms with Crippen LogP contribution in [0.15, 0.2) is 97.1 Å². The molecule has 0 atom stereocenters. The summed E-state index contributed by atoms with van der Waals surface area (Å²) in [5.41, 5.74) is 4.97. The highest BCUT2D eigenvalue weighted by molar-refractivity contribution is 5.53. The molecule has 0 heterocycles. The number of phenols is 3. The highest BCUT2D eigenvalue weighted by Gasteiger charge is 2.35. The van der Waals surface area contributed by atoms with Gasteiger partial charge in [0.15, 0.2) is 0 Å². The molecule has 33 heavy (non-hydrogen) atoms. The number of phenolic OH excluding ortho intramolecular Hbond substituents is 3. The predicted octanol–water partition coefficient (Wildman–Crippen LogP) is 6.87. The average molecular weight is 439 g/mol. The molecule has 0 spiro atoms. The van der Waals surface area contributed by atoms with Gasteiger partial charge in [-0.25, -0.2) is 0 Å². The first kappa shape index (κ1) is 22.5. The van der Waals surface area contributed by atoms with Gasteiger partial charge in [0, 0.05) is 10.8 Å². The smallest absolute Gasteiger partial charge is 0.115 e. The Balaban J connectivity index is 1.83. The largest absolute Gasteiger partial charge is 0.508 e. The van der Waals surface area contributed by atoms with Crippen LogP contribution in [-0.2, 0) is 10.8 Å². The van der Waals surface area contributed by atoms with Gasteiger partial charge in [0.05, 0.1) is 0 Å². The maximum Gasteiger partial charge on any atom is 0.115 e. The summed E-state index contributed by atoms with van der Waals surface area (Å²) in [7, 11) is 0. The highest BCUT2D eigenvalue weighted by atomic mass is 16.3. The molecular weight excluding hydrogens is 408 g/mol. The fourth-order valence-electron chi connectivity index (χ4n) is 4.82. The summed E-state index contributed by atoms with van der Waals surface area (Å²) < 4.78 is 0. The number of rotatable bonds is 6. The SMILES string of the molecule is CCC(c1ccc(O)cc1)(c1ccc(O)cc1)c1ccc(C(C)(C)c2ccc(O)cc2)cc1. The van der Waals surface area contributed by atoms with E-state index in [1.54, 1.807) is 36.4 Å². The lowest BCUT2D eigenvalue weighted by atomic mass is 9.67. The monoisotopic (exact) mass is 438 g/mol. The summed E-state index contributed by atoms with van der Waals surface area (Å²) in [5.74, 6) is 0.737. The molecule has 0 bridgehead atoms. The van der Waals surface area contributed by atoms with E-state index in [0.29, 0.717) is 0 Å². The van der Waals surface area contributed by atoms with Crippen LogP contribution in [0, 0.1) is 0 Å². The number of hydrogen-bond donors (Lipinski definition) is 3. The van der Waals surface area contributed by atoms with E-state index in [9.17, 15) is 15.3 Å². The topological polar surface area (TPSA) is 60.7 Å². The Bertz CT molecular complexity index is 1160. The summed E-state index contributed by atoms with van der Waals surface area (Å²) in [4.78, 5) is 0. The van der Waals surface area contributed by atoms with Crippen molar-refractivity contribution < 1.29 is 15.3 Å². The molecule has 0 aliphatic heterocycles. The minimum Gasteiger partial charge on any atom is -0.508 e. The molecule has 0 aliphatic rings. The van der Waals surface area contributed by atoms with Gasteiger partial charge in [-0.05, 0) is 70.6 Å². The van der Waals surface area contributed by atoms with Gasteiger partial charge in [-0.1, -0.05) is 81.4 Å². The van der Waals surface area contributed by atoms with Gasteiger partial charge in [0.1, 0.15) is 17.2 Å². The third kappa shape index (κ3) is 4.07. The fourth-order valence-corrected chi connectivity index (χ4v) is 4.82. The number of aromatic hydroxyl groups is 3.